The van der Waals surface area contributed by atoms with Crippen molar-refractivity contribution in [1.82, 2.24) is 20.1 Å². The third-order valence-corrected chi connectivity index (χ3v) is 5.19. The molecule has 3 heterocycles. The van der Waals surface area contributed by atoms with E-state index < -0.39 is 0 Å². The van der Waals surface area contributed by atoms with Crippen LogP contribution in [-0.4, -0.2) is 71.8 Å². The number of thioether (sulfide) groups is 1. The molecule has 2 fully saturated rings. The molecule has 1 amide bonds. The number of amides is 1. The van der Waals surface area contributed by atoms with Crippen molar-refractivity contribution >= 4 is 17.7 Å². The fourth-order valence-electron chi connectivity index (χ4n) is 2.98. The molecular formula is C15H22N4OS. The topological polar surface area (TPSA) is 48.5 Å². The summed E-state index contributed by atoms with van der Waals surface area (Å²) in [4.78, 5) is 22.0. The highest BCUT2D eigenvalue weighted by Gasteiger charge is 2.30. The first-order valence-electron chi connectivity index (χ1n) is 7.58. The maximum atomic E-state index is 12.3. The van der Waals surface area contributed by atoms with Crippen molar-refractivity contribution in [1.29, 1.82) is 0 Å². The first-order valence-corrected chi connectivity index (χ1v) is 8.57. The average Bonchev–Trinajstić information content (AvgIpc) is 3.04. The molecule has 1 aromatic heterocycles. The molecule has 1 atom stereocenters. The van der Waals surface area contributed by atoms with E-state index in [2.05, 4.69) is 15.2 Å². The normalized spacial score (nSPS) is 23.4. The molecule has 1 unspecified atom stereocenters. The first kappa shape index (κ1) is 14.8. The quantitative estimate of drug-likeness (QED) is 0.829. The standard InChI is InChI=1S/C15H22N4OS/c20-15(12-21-14-1-4-16-5-2-14)19-8-3-13(11-19)18-9-6-17-7-10-18/h1-2,4-5,13,17H,3,6-12H2. The Morgan fingerprint density at radius 1 is 1.29 bits per heavy atom. The third-order valence-electron chi connectivity index (χ3n) is 4.20. The van der Waals surface area contributed by atoms with Gasteiger partial charge < -0.3 is 10.2 Å². The summed E-state index contributed by atoms with van der Waals surface area (Å²) in [6.45, 7) is 6.17. The van der Waals surface area contributed by atoms with Crippen LogP contribution in [0.4, 0.5) is 0 Å². The van der Waals surface area contributed by atoms with Gasteiger partial charge in [-0.2, -0.15) is 0 Å². The number of hydrogen-bond acceptors (Lipinski definition) is 5. The highest BCUT2D eigenvalue weighted by molar-refractivity contribution is 8.00. The van der Waals surface area contributed by atoms with E-state index in [0.717, 1.165) is 50.6 Å². The molecule has 2 aliphatic rings. The van der Waals surface area contributed by atoms with Gasteiger partial charge in [0.05, 0.1) is 5.75 Å². The van der Waals surface area contributed by atoms with Crippen LogP contribution in [0.2, 0.25) is 0 Å². The number of carbonyl (C=O) groups is 1. The van der Waals surface area contributed by atoms with Crippen molar-refractivity contribution in [3.63, 3.8) is 0 Å². The molecule has 0 saturated carbocycles. The Morgan fingerprint density at radius 2 is 2.05 bits per heavy atom. The predicted molar refractivity (Wildman–Crippen MR) is 84.4 cm³/mol. The Balaban J connectivity index is 1.45. The minimum absolute atomic E-state index is 0.259. The van der Waals surface area contributed by atoms with Gasteiger partial charge in [-0.05, 0) is 18.6 Å². The Bertz CT molecular complexity index is 464. The average molecular weight is 306 g/mol. The zero-order valence-electron chi connectivity index (χ0n) is 12.2. The van der Waals surface area contributed by atoms with E-state index in [1.807, 2.05) is 17.0 Å². The van der Waals surface area contributed by atoms with Crippen LogP contribution >= 0.6 is 11.8 Å². The van der Waals surface area contributed by atoms with Crippen LogP contribution in [0.3, 0.4) is 0 Å². The third kappa shape index (κ3) is 3.96. The van der Waals surface area contributed by atoms with Gasteiger partial charge in [0.25, 0.3) is 0 Å². The van der Waals surface area contributed by atoms with Crippen LogP contribution < -0.4 is 5.32 Å². The number of rotatable bonds is 4. The number of carbonyl (C=O) groups excluding carboxylic acids is 1. The minimum atomic E-state index is 0.259. The molecule has 0 bridgehead atoms. The van der Waals surface area contributed by atoms with Crippen LogP contribution in [0.5, 0.6) is 0 Å². The van der Waals surface area contributed by atoms with Crippen LogP contribution in [0, 0.1) is 0 Å². The summed E-state index contributed by atoms with van der Waals surface area (Å²) >= 11 is 1.60. The number of pyridine rings is 1. The molecule has 0 aliphatic carbocycles. The number of likely N-dealkylation sites (tertiary alicyclic amines) is 1. The van der Waals surface area contributed by atoms with Gasteiger partial charge in [-0.1, -0.05) is 0 Å². The molecule has 21 heavy (non-hydrogen) atoms. The van der Waals surface area contributed by atoms with Crippen LogP contribution in [-0.2, 0) is 4.79 Å². The Hall–Kier alpha value is -1.11. The van der Waals surface area contributed by atoms with E-state index in [1.165, 1.54) is 0 Å². The van der Waals surface area contributed by atoms with Crippen LogP contribution in [0.25, 0.3) is 0 Å². The summed E-state index contributed by atoms with van der Waals surface area (Å²) in [7, 11) is 0. The molecule has 0 radical (unpaired) electrons. The number of nitrogens with one attached hydrogen (secondary N) is 1. The molecule has 5 nitrogen and oxygen atoms in total. The number of hydrogen-bond donors (Lipinski definition) is 1. The highest BCUT2D eigenvalue weighted by Crippen LogP contribution is 2.20. The largest absolute Gasteiger partial charge is 0.340 e. The monoisotopic (exact) mass is 306 g/mol. The minimum Gasteiger partial charge on any atom is -0.340 e. The van der Waals surface area contributed by atoms with E-state index in [1.54, 1.807) is 24.2 Å². The lowest BCUT2D eigenvalue weighted by atomic mass is 10.2. The lowest BCUT2D eigenvalue weighted by Gasteiger charge is -2.32. The zero-order chi connectivity index (χ0) is 14.5. The summed E-state index contributed by atoms with van der Waals surface area (Å²) in [5, 5.41) is 3.38. The van der Waals surface area contributed by atoms with Crippen molar-refractivity contribution in [2.45, 2.75) is 17.4 Å². The maximum absolute atomic E-state index is 12.3. The second-order valence-electron chi connectivity index (χ2n) is 5.54. The molecule has 0 spiro atoms. The lowest BCUT2D eigenvalue weighted by Crippen LogP contribution is -2.49. The van der Waals surface area contributed by atoms with E-state index in [4.69, 9.17) is 0 Å². The van der Waals surface area contributed by atoms with E-state index in [9.17, 15) is 4.79 Å². The van der Waals surface area contributed by atoms with E-state index in [0.29, 0.717) is 11.8 Å². The fraction of sp³-hybridized carbons (Fsp3) is 0.600. The first-order chi connectivity index (χ1) is 10.3. The number of nitrogens with zero attached hydrogens (tertiary/aromatic N) is 3. The van der Waals surface area contributed by atoms with Crippen molar-refractivity contribution in [2.75, 3.05) is 45.0 Å². The Kier molecular flexibility index (Phi) is 5.11. The molecule has 2 saturated heterocycles. The highest BCUT2D eigenvalue weighted by atomic mass is 32.2. The van der Waals surface area contributed by atoms with Gasteiger partial charge in [-0.15, -0.1) is 11.8 Å². The molecular weight excluding hydrogens is 284 g/mol. The summed E-state index contributed by atoms with van der Waals surface area (Å²) in [5.74, 6) is 0.785. The van der Waals surface area contributed by atoms with Gasteiger partial charge in [0.15, 0.2) is 0 Å². The van der Waals surface area contributed by atoms with Crippen molar-refractivity contribution in [2.24, 2.45) is 0 Å². The van der Waals surface area contributed by atoms with Crippen LogP contribution in [0.1, 0.15) is 6.42 Å². The summed E-state index contributed by atoms with van der Waals surface area (Å²) in [6.07, 6.45) is 4.65. The summed E-state index contributed by atoms with van der Waals surface area (Å²) in [5.41, 5.74) is 0. The molecule has 3 rings (SSSR count). The Morgan fingerprint density at radius 3 is 2.81 bits per heavy atom. The predicted octanol–water partition coefficient (Wildman–Crippen LogP) is 0.680. The van der Waals surface area contributed by atoms with Crippen molar-refractivity contribution in [3.05, 3.63) is 24.5 Å². The van der Waals surface area contributed by atoms with Crippen molar-refractivity contribution < 1.29 is 4.79 Å². The number of aromatic nitrogens is 1. The molecule has 1 aromatic rings. The molecule has 114 valence electrons. The van der Waals surface area contributed by atoms with Gasteiger partial charge in [-0.3, -0.25) is 14.7 Å². The van der Waals surface area contributed by atoms with E-state index >= 15 is 0 Å². The van der Waals surface area contributed by atoms with Gasteiger partial charge >= 0.3 is 0 Å². The smallest absolute Gasteiger partial charge is 0.232 e. The second kappa shape index (κ2) is 7.24. The lowest BCUT2D eigenvalue weighted by molar-refractivity contribution is -0.127. The van der Waals surface area contributed by atoms with Crippen LogP contribution in [0.15, 0.2) is 29.4 Å². The van der Waals surface area contributed by atoms with Gasteiger partial charge in [0.1, 0.15) is 0 Å². The fourth-order valence-corrected chi connectivity index (χ4v) is 3.77. The molecule has 6 heteroatoms. The van der Waals surface area contributed by atoms with Gasteiger partial charge in [0, 0.05) is 62.6 Å². The molecule has 0 aromatic carbocycles. The summed E-state index contributed by atoms with van der Waals surface area (Å²) in [6, 6.07) is 4.46. The Labute approximate surface area is 130 Å². The van der Waals surface area contributed by atoms with Gasteiger partial charge in [0.2, 0.25) is 5.91 Å². The van der Waals surface area contributed by atoms with Gasteiger partial charge in [-0.25, -0.2) is 0 Å². The SMILES string of the molecule is O=C(CSc1ccncc1)N1CCC(N2CCNCC2)C1. The summed E-state index contributed by atoms with van der Waals surface area (Å²) < 4.78 is 0. The zero-order valence-corrected chi connectivity index (χ0v) is 13.0. The van der Waals surface area contributed by atoms with Crippen molar-refractivity contribution in [3.8, 4) is 0 Å². The molecule has 1 N–H and O–H groups in total. The number of piperazine rings is 1. The maximum Gasteiger partial charge on any atom is 0.232 e. The second-order valence-corrected chi connectivity index (χ2v) is 6.59. The van der Waals surface area contributed by atoms with E-state index in [-0.39, 0.29) is 5.91 Å². The molecule has 2 aliphatic heterocycles.